The van der Waals surface area contributed by atoms with E-state index < -0.39 is 13.4 Å². The maximum absolute atomic E-state index is 12.3. The Kier molecular flexibility index (Phi) is 6.63. The van der Waals surface area contributed by atoms with E-state index in [0.29, 0.717) is 26.2 Å². The van der Waals surface area contributed by atoms with Crippen molar-refractivity contribution in [2.24, 2.45) is 0 Å². The smallest absolute Gasteiger partial charge is 0.448 e. The minimum atomic E-state index is -4.71. The standard InChI is InChI=1S/C10H14BF3N3.K/c12-11(13,14)9-16-5-7-17(8-6-16)10-3-1-2-4-15-10;/h1-4H,5-9H2;/q-1;+1. The molecule has 18 heavy (non-hydrogen) atoms. The van der Waals surface area contributed by atoms with Crippen molar-refractivity contribution >= 4 is 12.8 Å². The van der Waals surface area contributed by atoms with Crippen LogP contribution in [0.15, 0.2) is 24.4 Å². The van der Waals surface area contributed by atoms with Crippen molar-refractivity contribution in [2.45, 2.75) is 0 Å². The molecule has 0 atom stereocenters. The molecule has 3 nitrogen and oxygen atoms in total. The summed E-state index contributed by atoms with van der Waals surface area (Å²) in [7, 11) is 0. The summed E-state index contributed by atoms with van der Waals surface area (Å²) in [4.78, 5) is 7.66. The Labute approximate surface area is 147 Å². The van der Waals surface area contributed by atoms with Gasteiger partial charge in [0.1, 0.15) is 5.82 Å². The van der Waals surface area contributed by atoms with Gasteiger partial charge in [0.05, 0.1) is 0 Å². The third kappa shape index (κ3) is 5.18. The van der Waals surface area contributed by atoms with E-state index in [9.17, 15) is 12.9 Å². The summed E-state index contributed by atoms with van der Waals surface area (Å²) in [6, 6.07) is 5.59. The van der Waals surface area contributed by atoms with Crippen LogP contribution in [-0.2, 0) is 0 Å². The average Bonchev–Trinajstić information content (AvgIpc) is 2.29. The van der Waals surface area contributed by atoms with Crippen LogP contribution in [-0.4, -0.2) is 49.5 Å². The molecule has 0 N–H and O–H groups in total. The maximum Gasteiger partial charge on any atom is 1.00 e. The van der Waals surface area contributed by atoms with Crippen molar-refractivity contribution in [1.82, 2.24) is 9.88 Å². The molecule has 0 saturated carbocycles. The van der Waals surface area contributed by atoms with Crippen LogP contribution < -0.4 is 56.3 Å². The van der Waals surface area contributed by atoms with Crippen LogP contribution in [0.3, 0.4) is 0 Å². The predicted octanol–water partition coefficient (Wildman–Crippen LogP) is -1.41. The zero-order valence-electron chi connectivity index (χ0n) is 10.4. The zero-order chi connectivity index (χ0) is 12.3. The summed E-state index contributed by atoms with van der Waals surface area (Å²) < 4.78 is 36.8. The normalized spacial score (nSPS) is 17.4. The summed E-state index contributed by atoms with van der Waals surface area (Å²) in [5.41, 5.74) is 0. The second-order valence-corrected chi connectivity index (χ2v) is 4.19. The first kappa shape index (κ1) is 16.5. The van der Waals surface area contributed by atoms with E-state index in [0.717, 1.165) is 5.82 Å². The molecule has 0 spiro atoms. The molecular formula is C10H14BF3KN3. The van der Waals surface area contributed by atoms with Gasteiger partial charge in [0, 0.05) is 32.4 Å². The first-order chi connectivity index (χ1) is 8.04. The second-order valence-electron chi connectivity index (χ2n) is 4.19. The Balaban J connectivity index is 0.00000162. The number of halogens is 3. The van der Waals surface area contributed by atoms with E-state index in [2.05, 4.69) is 4.98 Å². The number of aromatic nitrogens is 1. The molecule has 0 aliphatic carbocycles. The molecule has 1 aromatic heterocycles. The molecular weight excluding hydrogens is 269 g/mol. The van der Waals surface area contributed by atoms with Crippen LogP contribution in [0.25, 0.3) is 0 Å². The number of nitrogens with zero attached hydrogens (tertiary/aromatic N) is 3. The molecule has 2 rings (SSSR count). The van der Waals surface area contributed by atoms with Crippen LogP contribution in [0.5, 0.6) is 0 Å². The number of pyridine rings is 1. The molecule has 8 heteroatoms. The third-order valence-corrected chi connectivity index (χ3v) is 2.81. The van der Waals surface area contributed by atoms with Crippen LogP contribution >= 0.6 is 0 Å². The van der Waals surface area contributed by atoms with Crippen molar-refractivity contribution in [3.05, 3.63) is 24.4 Å². The molecule has 1 aromatic rings. The van der Waals surface area contributed by atoms with Gasteiger partial charge in [0.25, 0.3) is 0 Å². The van der Waals surface area contributed by atoms with E-state index in [1.165, 1.54) is 4.90 Å². The fraction of sp³-hybridized carbons (Fsp3) is 0.500. The Morgan fingerprint density at radius 2 is 1.78 bits per heavy atom. The predicted molar refractivity (Wildman–Crippen MR) is 62.0 cm³/mol. The van der Waals surface area contributed by atoms with Crippen molar-refractivity contribution in [3.8, 4) is 0 Å². The first-order valence-electron chi connectivity index (χ1n) is 5.64. The monoisotopic (exact) mass is 283 g/mol. The third-order valence-electron chi connectivity index (χ3n) is 2.81. The fourth-order valence-corrected chi connectivity index (χ4v) is 1.99. The molecule has 1 aliphatic rings. The summed E-state index contributed by atoms with van der Waals surface area (Å²) >= 11 is 0. The number of rotatable bonds is 3. The van der Waals surface area contributed by atoms with Gasteiger partial charge < -0.3 is 22.7 Å². The van der Waals surface area contributed by atoms with Crippen LogP contribution in [0.4, 0.5) is 18.8 Å². The summed E-state index contributed by atoms with van der Waals surface area (Å²) in [6.45, 7) is -2.63. The Bertz CT molecular complexity index is 355. The first-order valence-corrected chi connectivity index (χ1v) is 5.64. The minimum Gasteiger partial charge on any atom is -0.448 e. The van der Waals surface area contributed by atoms with Crippen LogP contribution in [0.2, 0.25) is 0 Å². The van der Waals surface area contributed by atoms with Gasteiger partial charge >= 0.3 is 58.4 Å². The molecule has 1 aliphatic heterocycles. The molecule has 1 fully saturated rings. The molecule has 0 unspecified atom stereocenters. The van der Waals surface area contributed by atoms with Gasteiger partial charge in [-0.05, 0) is 18.6 Å². The van der Waals surface area contributed by atoms with E-state index in [1.807, 2.05) is 23.1 Å². The number of hydrogen-bond acceptors (Lipinski definition) is 3. The number of piperazine rings is 1. The molecule has 0 aromatic carbocycles. The van der Waals surface area contributed by atoms with Crippen LogP contribution in [0.1, 0.15) is 0 Å². The van der Waals surface area contributed by atoms with Crippen molar-refractivity contribution < 1.29 is 64.3 Å². The van der Waals surface area contributed by atoms with E-state index in [4.69, 9.17) is 0 Å². The van der Waals surface area contributed by atoms with Gasteiger partial charge in [0.2, 0.25) is 0 Å². The quantitative estimate of drug-likeness (QED) is 0.636. The SMILES string of the molecule is F[B-](F)(F)CN1CCN(c2ccccn2)CC1.[K+]. The van der Waals surface area contributed by atoms with Gasteiger partial charge in [0.15, 0.2) is 0 Å². The van der Waals surface area contributed by atoms with Crippen molar-refractivity contribution in [3.63, 3.8) is 0 Å². The Morgan fingerprint density at radius 3 is 2.28 bits per heavy atom. The molecule has 2 heterocycles. The van der Waals surface area contributed by atoms with Crippen molar-refractivity contribution in [1.29, 1.82) is 0 Å². The molecule has 0 radical (unpaired) electrons. The van der Waals surface area contributed by atoms with Gasteiger partial charge in [-0.15, -0.1) is 0 Å². The Hall–Kier alpha value is 0.401. The fourth-order valence-electron chi connectivity index (χ4n) is 1.99. The molecule has 0 amide bonds. The van der Waals surface area contributed by atoms with Crippen LogP contribution in [0, 0.1) is 0 Å². The van der Waals surface area contributed by atoms with Gasteiger partial charge in [-0.2, -0.15) is 0 Å². The second kappa shape index (κ2) is 7.25. The summed E-state index contributed by atoms with van der Waals surface area (Å²) in [6.07, 6.45) is 0.941. The molecule has 0 bridgehead atoms. The Morgan fingerprint density at radius 1 is 1.11 bits per heavy atom. The van der Waals surface area contributed by atoms with Gasteiger partial charge in [-0.1, -0.05) is 6.07 Å². The number of hydrogen-bond donors (Lipinski definition) is 0. The molecule has 1 saturated heterocycles. The van der Waals surface area contributed by atoms with E-state index in [-0.39, 0.29) is 51.4 Å². The van der Waals surface area contributed by atoms with E-state index in [1.54, 1.807) is 6.20 Å². The number of anilines is 1. The van der Waals surface area contributed by atoms with Crippen molar-refractivity contribution in [2.75, 3.05) is 37.5 Å². The van der Waals surface area contributed by atoms with E-state index >= 15 is 0 Å². The van der Waals surface area contributed by atoms with Gasteiger partial charge in [-0.3, -0.25) is 0 Å². The minimum absolute atomic E-state index is 0. The van der Waals surface area contributed by atoms with Gasteiger partial charge in [-0.25, -0.2) is 4.98 Å². The average molecular weight is 283 g/mol. The topological polar surface area (TPSA) is 19.4 Å². The summed E-state index contributed by atoms with van der Waals surface area (Å²) in [5, 5.41) is 0. The largest absolute Gasteiger partial charge is 1.00 e. The molecule has 94 valence electrons. The summed E-state index contributed by atoms with van der Waals surface area (Å²) in [5.74, 6) is 0.838. The maximum atomic E-state index is 12.3. The zero-order valence-corrected chi connectivity index (χ0v) is 13.5.